The summed E-state index contributed by atoms with van der Waals surface area (Å²) < 4.78 is 5.89. The summed E-state index contributed by atoms with van der Waals surface area (Å²) in [5.74, 6) is 0.832. The standard InChI is InChI=1S/C20H21N3O/c1-15-12-20(23-10-4-5-11-23)18-8-7-17(13-19(18)22-15)24-14-16-6-2-3-9-21-16/h2-3,6-9,12-13H,4-5,10-11,14H2,1H3. The van der Waals surface area contributed by atoms with Crippen molar-refractivity contribution >= 4 is 16.6 Å². The molecule has 1 aliphatic heterocycles. The molecule has 4 rings (SSSR count). The highest BCUT2D eigenvalue weighted by Crippen LogP contribution is 2.31. The van der Waals surface area contributed by atoms with Crippen LogP contribution in [0.4, 0.5) is 5.69 Å². The van der Waals surface area contributed by atoms with E-state index in [1.54, 1.807) is 6.20 Å². The number of ether oxygens (including phenoxy) is 1. The molecular weight excluding hydrogens is 298 g/mol. The Hall–Kier alpha value is -2.62. The molecule has 0 radical (unpaired) electrons. The molecular formula is C20H21N3O. The SMILES string of the molecule is Cc1cc(N2CCCC2)c2ccc(OCc3ccccn3)cc2n1. The zero-order valence-electron chi connectivity index (χ0n) is 13.9. The molecule has 0 spiro atoms. The van der Waals surface area contributed by atoms with Gasteiger partial charge in [-0.15, -0.1) is 0 Å². The summed E-state index contributed by atoms with van der Waals surface area (Å²) in [6.45, 7) is 4.80. The van der Waals surface area contributed by atoms with E-state index in [-0.39, 0.29) is 0 Å². The first-order valence-electron chi connectivity index (χ1n) is 8.49. The number of aryl methyl sites for hydroxylation is 1. The number of hydrogen-bond acceptors (Lipinski definition) is 4. The first kappa shape index (κ1) is 14.9. The molecule has 0 bridgehead atoms. The Kier molecular flexibility index (Phi) is 4.03. The number of pyridine rings is 2. The summed E-state index contributed by atoms with van der Waals surface area (Å²) in [7, 11) is 0. The summed E-state index contributed by atoms with van der Waals surface area (Å²) in [5.41, 5.74) is 4.26. The largest absolute Gasteiger partial charge is 0.487 e. The Balaban J connectivity index is 1.63. The lowest BCUT2D eigenvalue weighted by Gasteiger charge is -2.20. The number of fused-ring (bicyclic) bond motifs is 1. The number of anilines is 1. The first-order valence-corrected chi connectivity index (χ1v) is 8.49. The van der Waals surface area contributed by atoms with Crippen LogP contribution in [0, 0.1) is 6.92 Å². The maximum absolute atomic E-state index is 5.89. The van der Waals surface area contributed by atoms with E-state index in [0.717, 1.165) is 35.7 Å². The minimum absolute atomic E-state index is 0.469. The van der Waals surface area contributed by atoms with Gasteiger partial charge in [0.2, 0.25) is 0 Å². The van der Waals surface area contributed by atoms with Gasteiger partial charge in [0.1, 0.15) is 12.4 Å². The van der Waals surface area contributed by atoms with Crippen molar-refractivity contribution in [2.24, 2.45) is 0 Å². The lowest BCUT2D eigenvalue weighted by molar-refractivity contribution is 0.301. The van der Waals surface area contributed by atoms with Crippen LogP contribution in [0.1, 0.15) is 24.2 Å². The molecule has 0 saturated carbocycles. The Morgan fingerprint density at radius 1 is 1.08 bits per heavy atom. The molecule has 3 heterocycles. The summed E-state index contributed by atoms with van der Waals surface area (Å²) in [6.07, 6.45) is 4.33. The van der Waals surface area contributed by atoms with Crippen LogP contribution in [-0.4, -0.2) is 23.1 Å². The Bertz CT molecular complexity index is 842. The highest BCUT2D eigenvalue weighted by Gasteiger charge is 2.16. The predicted molar refractivity (Wildman–Crippen MR) is 96.5 cm³/mol. The molecule has 0 atom stereocenters. The van der Waals surface area contributed by atoms with Gasteiger partial charge in [0.25, 0.3) is 0 Å². The molecule has 1 aromatic carbocycles. The van der Waals surface area contributed by atoms with Crippen LogP contribution in [-0.2, 0) is 6.61 Å². The van der Waals surface area contributed by atoms with E-state index in [2.05, 4.69) is 28.9 Å². The van der Waals surface area contributed by atoms with Crippen LogP contribution in [0.25, 0.3) is 10.9 Å². The van der Waals surface area contributed by atoms with Crippen molar-refractivity contribution in [3.63, 3.8) is 0 Å². The van der Waals surface area contributed by atoms with E-state index in [0.29, 0.717) is 6.61 Å². The quantitative estimate of drug-likeness (QED) is 0.725. The van der Waals surface area contributed by atoms with E-state index in [4.69, 9.17) is 9.72 Å². The maximum atomic E-state index is 5.89. The van der Waals surface area contributed by atoms with Gasteiger partial charge in [-0.05, 0) is 50.1 Å². The second-order valence-corrected chi connectivity index (χ2v) is 6.27. The molecule has 122 valence electrons. The summed E-state index contributed by atoms with van der Waals surface area (Å²) in [4.78, 5) is 11.5. The predicted octanol–water partition coefficient (Wildman–Crippen LogP) is 4.12. The topological polar surface area (TPSA) is 38.2 Å². The lowest BCUT2D eigenvalue weighted by atomic mass is 10.1. The second-order valence-electron chi connectivity index (χ2n) is 6.27. The van der Waals surface area contributed by atoms with Crippen molar-refractivity contribution in [3.8, 4) is 5.75 Å². The third-order valence-electron chi connectivity index (χ3n) is 4.45. The van der Waals surface area contributed by atoms with Crippen LogP contribution >= 0.6 is 0 Å². The normalized spacial score (nSPS) is 14.3. The Labute approximate surface area is 142 Å². The fourth-order valence-electron chi connectivity index (χ4n) is 3.27. The maximum Gasteiger partial charge on any atom is 0.130 e. The third kappa shape index (κ3) is 3.04. The van der Waals surface area contributed by atoms with Crippen molar-refractivity contribution in [1.29, 1.82) is 0 Å². The molecule has 3 aromatic rings. The molecule has 0 unspecified atom stereocenters. The van der Waals surface area contributed by atoms with Crippen molar-refractivity contribution in [2.75, 3.05) is 18.0 Å². The average Bonchev–Trinajstić information content (AvgIpc) is 3.14. The van der Waals surface area contributed by atoms with Crippen LogP contribution in [0.3, 0.4) is 0 Å². The Morgan fingerprint density at radius 2 is 1.96 bits per heavy atom. The van der Waals surface area contributed by atoms with Crippen molar-refractivity contribution in [3.05, 3.63) is 60.0 Å². The molecule has 4 nitrogen and oxygen atoms in total. The van der Waals surface area contributed by atoms with E-state index < -0.39 is 0 Å². The van der Waals surface area contributed by atoms with E-state index in [9.17, 15) is 0 Å². The lowest BCUT2D eigenvalue weighted by Crippen LogP contribution is -2.18. The van der Waals surface area contributed by atoms with Crippen molar-refractivity contribution in [2.45, 2.75) is 26.4 Å². The van der Waals surface area contributed by atoms with Crippen LogP contribution in [0.5, 0.6) is 5.75 Å². The molecule has 0 aliphatic carbocycles. The number of benzene rings is 1. The van der Waals surface area contributed by atoms with Crippen molar-refractivity contribution in [1.82, 2.24) is 9.97 Å². The summed E-state index contributed by atoms with van der Waals surface area (Å²) in [5, 5.41) is 1.20. The number of aromatic nitrogens is 2. The zero-order valence-corrected chi connectivity index (χ0v) is 13.9. The molecule has 1 aliphatic rings. The molecule has 24 heavy (non-hydrogen) atoms. The molecule has 1 saturated heterocycles. The fraction of sp³-hybridized carbons (Fsp3) is 0.300. The van der Waals surface area contributed by atoms with E-state index in [1.807, 2.05) is 30.3 Å². The van der Waals surface area contributed by atoms with Crippen LogP contribution < -0.4 is 9.64 Å². The smallest absolute Gasteiger partial charge is 0.130 e. The summed E-state index contributed by atoms with van der Waals surface area (Å²) in [6, 6.07) is 14.2. The third-order valence-corrected chi connectivity index (χ3v) is 4.45. The van der Waals surface area contributed by atoms with Gasteiger partial charge >= 0.3 is 0 Å². The molecule has 0 N–H and O–H groups in total. The van der Waals surface area contributed by atoms with Gasteiger partial charge in [0.05, 0.1) is 11.2 Å². The first-order chi connectivity index (χ1) is 11.8. The number of nitrogens with zero attached hydrogens (tertiary/aromatic N) is 3. The van der Waals surface area contributed by atoms with Gasteiger partial charge in [-0.25, -0.2) is 0 Å². The average molecular weight is 319 g/mol. The van der Waals surface area contributed by atoms with Crippen molar-refractivity contribution < 1.29 is 4.74 Å². The highest BCUT2D eigenvalue weighted by molar-refractivity contribution is 5.93. The molecule has 2 aromatic heterocycles. The van der Waals surface area contributed by atoms with Gasteiger partial charge in [-0.3, -0.25) is 9.97 Å². The molecule has 0 amide bonds. The van der Waals surface area contributed by atoms with E-state index >= 15 is 0 Å². The molecule has 4 heteroatoms. The van der Waals surface area contributed by atoms with Crippen LogP contribution in [0.15, 0.2) is 48.7 Å². The monoisotopic (exact) mass is 319 g/mol. The second kappa shape index (κ2) is 6.48. The van der Waals surface area contributed by atoms with Gasteiger partial charge in [0, 0.05) is 42.1 Å². The number of hydrogen-bond donors (Lipinski definition) is 0. The molecule has 1 fully saturated rings. The zero-order chi connectivity index (χ0) is 16.4. The fourth-order valence-corrected chi connectivity index (χ4v) is 3.27. The van der Waals surface area contributed by atoms with Gasteiger partial charge in [0.15, 0.2) is 0 Å². The summed E-state index contributed by atoms with van der Waals surface area (Å²) >= 11 is 0. The number of rotatable bonds is 4. The van der Waals surface area contributed by atoms with Gasteiger partial charge < -0.3 is 9.64 Å². The minimum atomic E-state index is 0.469. The minimum Gasteiger partial charge on any atom is -0.487 e. The highest BCUT2D eigenvalue weighted by atomic mass is 16.5. The Morgan fingerprint density at radius 3 is 2.75 bits per heavy atom. The van der Waals surface area contributed by atoms with Crippen LogP contribution in [0.2, 0.25) is 0 Å². The van der Waals surface area contributed by atoms with Gasteiger partial charge in [-0.1, -0.05) is 6.07 Å². The van der Waals surface area contributed by atoms with E-state index in [1.165, 1.54) is 23.9 Å². The van der Waals surface area contributed by atoms with Gasteiger partial charge in [-0.2, -0.15) is 0 Å².